The number of amides is 1. The smallest absolute Gasteiger partial charge is 0.251 e. The Morgan fingerprint density at radius 3 is 2.50 bits per heavy atom. The first-order chi connectivity index (χ1) is 13.4. The van der Waals surface area contributed by atoms with Gasteiger partial charge in [-0.25, -0.2) is 12.8 Å². The lowest BCUT2D eigenvalue weighted by molar-refractivity contribution is 0.0953. The van der Waals surface area contributed by atoms with Crippen LogP contribution >= 0.6 is 11.6 Å². The summed E-state index contributed by atoms with van der Waals surface area (Å²) in [4.78, 5) is 16.3. The van der Waals surface area contributed by atoms with Gasteiger partial charge in [0.2, 0.25) is 0 Å². The van der Waals surface area contributed by atoms with Crippen molar-refractivity contribution in [3.05, 3.63) is 95.0 Å². The molecule has 0 aliphatic carbocycles. The van der Waals surface area contributed by atoms with E-state index in [9.17, 15) is 17.6 Å². The fraction of sp³-hybridized carbons (Fsp3) is 0.100. The number of carbonyl (C=O) groups excluding carboxylic acids is 1. The second kappa shape index (κ2) is 8.50. The van der Waals surface area contributed by atoms with Gasteiger partial charge in [-0.15, -0.1) is 0 Å². The lowest BCUT2D eigenvalue weighted by Crippen LogP contribution is -2.32. The van der Waals surface area contributed by atoms with Crippen molar-refractivity contribution in [1.82, 2.24) is 10.3 Å². The number of halogens is 2. The highest BCUT2D eigenvalue weighted by molar-refractivity contribution is 7.91. The number of benzene rings is 2. The Labute approximate surface area is 167 Å². The summed E-state index contributed by atoms with van der Waals surface area (Å²) in [6.07, 6.45) is 2.95. The molecule has 1 aromatic heterocycles. The molecule has 0 aliphatic heterocycles. The van der Waals surface area contributed by atoms with E-state index in [1.54, 1.807) is 30.3 Å². The second-order valence-corrected chi connectivity index (χ2v) is 8.56. The molecule has 8 heteroatoms. The molecule has 0 radical (unpaired) electrons. The summed E-state index contributed by atoms with van der Waals surface area (Å²) in [5, 5.41) is 1.94. The molecule has 1 N–H and O–H groups in total. The van der Waals surface area contributed by atoms with Gasteiger partial charge in [-0.1, -0.05) is 23.7 Å². The van der Waals surface area contributed by atoms with Gasteiger partial charge in [0, 0.05) is 29.5 Å². The zero-order chi connectivity index (χ0) is 20.1. The Kier molecular flexibility index (Phi) is 6.06. The van der Waals surface area contributed by atoms with Gasteiger partial charge in [0.15, 0.2) is 9.84 Å². The van der Waals surface area contributed by atoms with E-state index in [0.717, 1.165) is 12.1 Å². The Hall–Kier alpha value is -2.77. The van der Waals surface area contributed by atoms with Crippen LogP contribution in [0.15, 0.2) is 78.0 Å². The van der Waals surface area contributed by atoms with E-state index in [1.165, 1.54) is 30.6 Å². The van der Waals surface area contributed by atoms with Crippen LogP contribution in [0.4, 0.5) is 4.39 Å². The van der Waals surface area contributed by atoms with Crippen molar-refractivity contribution >= 4 is 27.3 Å². The number of hydrogen-bond acceptors (Lipinski definition) is 4. The van der Waals surface area contributed by atoms with Crippen LogP contribution in [0.5, 0.6) is 0 Å². The van der Waals surface area contributed by atoms with Crippen molar-refractivity contribution < 1.29 is 17.6 Å². The van der Waals surface area contributed by atoms with Gasteiger partial charge in [-0.2, -0.15) is 0 Å². The summed E-state index contributed by atoms with van der Waals surface area (Å²) in [5.41, 5.74) is 0.731. The van der Waals surface area contributed by atoms with Crippen molar-refractivity contribution in [2.45, 2.75) is 10.1 Å². The molecule has 144 valence electrons. The first-order valence-corrected chi connectivity index (χ1v) is 10.2. The lowest BCUT2D eigenvalue weighted by Gasteiger charge is -2.19. The van der Waals surface area contributed by atoms with Crippen LogP contribution in [0, 0.1) is 5.82 Å². The number of aromatic nitrogens is 1. The number of nitrogens with one attached hydrogen (secondary N) is 1. The number of rotatable bonds is 6. The number of hydrogen-bond donors (Lipinski definition) is 1. The molecule has 5 nitrogen and oxygen atoms in total. The number of pyridine rings is 1. The standard InChI is InChI=1S/C20H16ClFN2O3S/c21-16-5-1-3-14(11-16)20(25)24-13-19(15-4-2-10-23-12-15)28(26,27)18-8-6-17(22)7-9-18/h1-12,19H,13H2,(H,24,25). The van der Waals surface area contributed by atoms with Crippen LogP contribution in [0.1, 0.15) is 21.2 Å². The van der Waals surface area contributed by atoms with Crippen LogP contribution in [0.3, 0.4) is 0 Å². The normalized spacial score (nSPS) is 12.4. The molecule has 0 saturated heterocycles. The molecule has 1 unspecified atom stereocenters. The monoisotopic (exact) mass is 418 g/mol. The molecule has 0 saturated carbocycles. The van der Waals surface area contributed by atoms with E-state index in [2.05, 4.69) is 10.3 Å². The van der Waals surface area contributed by atoms with Crippen LogP contribution < -0.4 is 5.32 Å². The highest BCUT2D eigenvalue weighted by Crippen LogP contribution is 2.28. The van der Waals surface area contributed by atoms with E-state index >= 15 is 0 Å². The third-order valence-electron chi connectivity index (χ3n) is 4.11. The summed E-state index contributed by atoms with van der Waals surface area (Å²) in [6.45, 7) is -0.184. The van der Waals surface area contributed by atoms with Gasteiger partial charge >= 0.3 is 0 Å². The molecule has 0 bridgehead atoms. The van der Waals surface area contributed by atoms with E-state index in [0.29, 0.717) is 16.1 Å². The molecule has 3 rings (SSSR count). The van der Waals surface area contributed by atoms with Crippen molar-refractivity contribution in [2.24, 2.45) is 0 Å². The van der Waals surface area contributed by atoms with Crippen LogP contribution in [-0.4, -0.2) is 25.9 Å². The number of nitrogens with zero attached hydrogens (tertiary/aromatic N) is 1. The molecule has 3 aromatic rings. The van der Waals surface area contributed by atoms with Crippen LogP contribution in [0.2, 0.25) is 5.02 Å². The average molecular weight is 419 g/mol. The third kappa shape index (κ3) is 4.55. The predicted octanol–water partition coefficient (Wildman–Crippen LogP) is 3.82. The number of carbonyl (C=O) groups is 1. The molecular formula is C20H16ClFN2O3S. The molecule has 1 amide bonds. The zero-order valence-electron chi connectivity index (χ0n) is 14.5. The van der Waals surface area contributed by atoms with Crippen LogP contribution in [-0.2, 0) is 9.84 Å². The zero-order valence-corrected chi connectivity index (χ0v) is 16.1. The largest absolute Gasteiger partial charge is 0.350 e. The lowest BCUT2D eigenvalue weighted by atomic mass is 10.2. The van der Waals surface area contributed by atoms with Crippen LogP contribution in [0.25, 0.3) is 0 Å². The highest BCUT2D eigenvalue weighted by atomic mass is 35.5. The van der Waals surface area contributed by atoms with Gasteiger partial charge in [-0.05, 0) is 54.1 Å². The van der Waals surface area contributed by atoms with E-state index in [4.69, 9.17) is 11.6 Å². The fourth-order valence-corrected chi connectivity index (χ4v) is 4.51. The number of sulfone groups is 1. The summed E-state index contributed by atoms with van der Waals surface area (Å²) in [7, 11) is -3.90. The van der Waals surface area contributed by atoms with E-state index < -0.39 is 26.8 Å². The topological polar surface area (TPSA) is 76.1 Å². The summed E-state index contributed by atoms with van der Waals surface area (Å²) in [6, 6.07) is 14.1. The molecule has 1 heterocycles. The molecule has 2 aromatic carbocycles. The van der Waals surface area contributed by atoms with Gasteiger partial charge in [0.05, 0.1) is 4.90 Å². The maximum Gasteiger partial charge on any atom is 0.251 e. The van der Waals surface area contributed by atoms with Crippen molar-refractivity contribution in [3.8, 4) is 0 Å². The van der Waals surface area contributed by atoms with E-state index in [-0.39, 0.29) is 11.4 Å². The Balaban J connectivity index is 1.90. The molecule has 0 spiro atoms. The van der Waals surface area contributed by atoms with Crippen molar-refractivity contribution in [2.75, 3.05) is 6.54 Å². The highest BCUT2D eigenvalue weighted by Gasteiger charge is 2.30. The Bertz CT molecular complexity index is 1070. The molecule has 1 atom stereocenters. The first-order valence-electron chi connectivity index (χ1n) is 8.31. The summed E-state index contributed by atoms with van der Waals surface area (Å²) in [5.74, 6) is -0.989. The van der Waals surface area contributed by atoms with Crippen molar-refractivity contribution in [1.29, 1.82) is 0 Å². The predicted molar refractivity (Wildman–Crippen MR) is 104 cm³/mol. The van der Waals surface area contributed by atoms with Gasteiger partial charge < -0.3 is 5.32 Å². The van der Waals surface area contributed by atoms with Crippen molar-refractivity contribution in [3.63, 3.8) is 0 Å². The van der Waals surface area contributed by atoms with Gasteiger partial charge in [0.25, 0.3) is 5.91 Å². The minimum absolute atomic E-state index is 0.0419. The Morgan fingerprint density at radius 1 is 1.11 bits per heavy atom. The van der Waals surface area contributed by atoms with Gasteiger partial charge in [0.1, 0.15) is 11.1 Å². The minimum Gasteiger partial charge on any atom is -0.350 e. The molecule has 0 aliphatic rings. The maximum atomic E-state index is 13.2. The fourth-order valence-electron chi connectivity index (χ4n) is 2.68. The first kappa shape index (κ1) is 20.0. The molecular weight excluding hydrogens is 403 g/mol. The molecule has 0 fully saturated rings. The van der Waals surface area contributed by atoms with E-state index in [1.807, 2.05) is 0 Å². The maximum absolute atomic E-state index is 13.2. The minimum atomic E-state index is -3.90. The quantitative estimate of drug-likeness (QED) is 0.617. The van der Waals surface area contributed by atoms with Gasteiger partial charge in [-0.3, -0.25) is 9.78 Å². The third-order valence-corrected chi connectivity index (χ3v) is 6.46. The average Bonchev–Trinajstić information content (AvgIpc) is 2.69. The molecule has 28 heavy (non-hydrogen) atoms. The second-order valence-electron chi connectivity index (χ2n) is 5.99. The summed E-state index contributed by atoms with van der Waals surface area (Å²) < 4.78 is 39.4. The SMILES string of the molecule is O=C(NCC(c1cccnc1)S(=O)(=O)c1ccc(F)cc1)c1cccc(Cl)c1. The summed E-state index contributed by atoms with van der Waals surface area (Å²) >= 11 is 5.90. The Morgan fingerprint density at radius 2 is 1.86 bits per heavy atom.